The van der Waals surface area contributed by atoms with Gasteiger partial charge < -0.3 is 5.11 Å². The van der Waals surface area contributed by atoms with E-state index in [1.165, 1.54) is 0 Å². The zero-order valence-corrected chi connectivity index (χ0v) is 21.4. The number of carbonyl (C=O) groups excluding carboxylic acids is 1. The lowest BCUT2D eigenvalue weighted by Gasteiger charge is -2.38. The number of nitrogens with one attached hydrogen (secondary N) is 1. The molecule has 0 aliphatic carbocycles. The van der Waals surface area contributed by atoms with Crippen LogP contribution >= 0.6 is 0 Å². The Morgan fingerprint density at radius 3 is 1.94 bits per heavy atom. The maximum Gasteiger partial charge on any atom is 0.260 e. The van der Waals surface area contributed by atoms with Gasteiger partial charge in [0.15, 0.2) is 0 Å². The third-order valence-electron chi connectivity index (χ3n) is 6.79. The van der Waals surface area contributed by atoms with Crippen LogP contribution < -0.4 is 5.43 Å². The molecule has 3 aromatic carbocycles. The van der Waals surface area contributed by atoms with Crippen molar-refractivity contribution in [3.8, 4) is 0 Å². The number of aryl methyl sites for hydroxylation is 1. The van der Waals surface area contributed by atoms with Crippen LogP contribution in [0.25, 0.3) is 0 Å². The molecule has 1 aliphatic rings. The maximum absolute atomic E-state index is 13.7. The average Bonchev–Trinajstić information content (AvgIpc) is 3.21. The van der Waals surface area contributed by atoms with Crippen molar-refractivity contribution in [1.29, 1.82) is 0 Å². The molecule has 0 bridgehead atoms. The zero-order valence-electron chi connectivity index (χ0n) is 20.6. The van der Waals surface area contributed by atoms with Gasteiger partial charge in [0, 0.05) is 25.7 Å². The first kappa shape index (κ1) is 26.0. The molecule has 190 valence electrons. The second-order valence-electron chi connectivity index (χ2n) is 9.32. The van der Waals surface area contributed by atoms with Crippen molar-refractivity contribution in [2.45, 2.75) is 50.3 Å². The van der Waals surface area contributed by atoms with E-state index in [0.717, 1.165) is 21.1 Å². The Morgan fingerprint density at radius 1 is 0.917 bits per heavy atom. The van der Waals surface area contributed by atoms with Crippen molar-refractivity contribution in [3.05, 3.63) is 102 Å². The van der Waals surface area contributed by atoms with Gasteiger partial charge in [-0.1, -0.05) is 78.4 Å². The first-order valence-corrected chi connectivity index (χ1v) is 13.6. The minimum atomic E-state index is -4.02. The van der Waals surface area contributed by atoms with Crippen molar-refractivity contribution >= 4 is 15.9 Å². The Labute approximate surface area is 213 Å². The molecular weight excluding hydrogens is 474 g/mol. The highest BCUT2D eigenvalue weighted by molar-refractivity contribution is 7.89. The lowest BCUT2D eigenvalue weighted by molar-refractivity contribution is -0.123. The van der Waals surface area contributed by atoms with Crippen LogP contribution in [0.2, 0.25) is 0 Å². The number of aliphatic hydroxyl groups is 1. The number of rotatable bonds is 10. The first-order chi connectivity index (χ1) is 17.3. The molecule has 1 fully saturated rings. The van der Waals surface area contributed by atoms with Crippen molar-refractivity contribution in [2.24, 2.45) is 5.92 Å². The molecule has 0 radical (unpaired) electrons. The van der Waals surface area contributed by atoms with E-state index in [2.05, 4.69) is 10.3 Å². The van der Waals surface area contributed by atoms with E-state index >= 15 is 0 Å². The van der Waals surface area contributed by atoms with Gasteiger partial charge in [-0.3, -0.25) is 15.1 Å². The van der Waals surface area contributed by atoms with Crippen LogP contribution in [-0.4, -0.2) is 47.4 Å². The summed E-state index contributed by atoms with van der Waals surface area (Å²) < 4.78 is 28.6. The molecule has 3 aromatic rings. The predicted molar refractivity (Wildman–Crippen MR) is 139 cm³/mol. The molecule has 3 atom stereocenters. The highest BCUT2D eigenvalue weighted by Gasteiger charge is 2.50. The Kier molecular flexibility index (Phi) is 8.21. The van der Waals surface area contributed by atoms with E-state index in [4.69, 9.17) is 0 Å². The van der Waals surface area contributed by atoms with E-state index in [-0.39, 0.29) is 24.0 Å². The van der Waals surface area contributed by atoms with Gasteiger partial charge in [-0.05, 0) is 43.5 Å². The van der Waals surface area contributed by atoms with Crippen molar-refractivity contribution in [2.75, 3.05) is 6.61 Å². The molecular formula is C28H33N3O4S. The molecule has 1 aliphatic heterocycles. The summed E-state index contributed by atoms with van der Waals surface area (Å²) >= 11 is 0. The summed E-state index contributed by atoms with van der Waals surface area (Å²) in [5.74, 6) is -1.07. The van der Waals surface area contributed by atoms with E-state index in [1.54, 1.807) is 24.3 Å². The molecule has 0 saturated carbocycles. The normalized spacial score (nSPS) is 19.4. The summed E-state index contributed by atoms with van der Waals surface area (Å²) in [6.07, 6.45) is 0.172. The summed E-state index contributed by atoms with van der Waals surface area (Å²) in [5, 5.41) is 9.73. The van der Waals surface area contributed by atoms with Gasteiger partial charge in [-0.2, -0.15) is 0 Å². The van der Waals surface area contributed by atoms with Crippen LogP contribution in [0.5, 0.6) is 0 Å². The van der Waals surface area contributed by atoms with Gasteiger partial charge in [0.25, 0.3) is 10.0 Å². The fourth-order valence-corrected chi connectivity index (χ4v) is 6.36. The number of carbonyl (C=O) groups is 1. The SMILES string of the molecule is Cc1ccc(S(=O)(=O)N2NC(=O)[C@@H](CCO)[C@@H]2[C@H](C)N(Cc2ccccc2)Cc2ccccc2)cc1. The third kappa shape index (κ3) is 5.68. The number of benzene rings is 3. The number of amides is 1. The summed E-state index contributed by atoms with van der Waals surface area (Å²) in [6.45, 7) is 4.79. The molecule has 1 saturated heterocycles. The van der Waals surface area contributed by atoms with Gasteiger partial charge in [0.1, 0.15) is 0 Å². The van der Waals surface area contributed by atoms with Crippen LogP contribution in [0, 0.1) is 12.8 Å². The Bertz CT molecular complexity index is 1210. The van der Waals surface area contributed by atoms with E-state index in [9.17, 15) is 18.3 Å². The quantitative estimate of drug-likeness (QED) is 0.439. The second-order valence-corrected chi connectivity index (χ2v) is 11.1. The third-order valence-corrected chi connectivity index (χ3v) is 8.51. The van der Waals surface area contributed by atoms with Crippen molar-refractivity contribution in [1.82, 2.24) is 14.7 Å². The van der Waals surface area contributed by atoms with Crippen LogP contribution in [0.4, 0.5) is 0 Å². The van der Waals surface area contributed by atoms with Crippen LogP contribution in [-0.2, 0) is 27.9 Å². The van der Waals surface area contributed by atoms with E-state index in [0.29, 0.717) is 13.1 Å². The number of sulfonamides is 1. The zero-order chi connectivity index (χ0) is 25.7. The molecule has 7 nitrogen and oxygen atoms in total. The highest BCUT2D eigenvalue weighted by Crippen LogP contribution is 2.32. The standard InChI is InChI=1S/C28H33N3O4S/c1-21-13-15-25(16-14-21)36(34,35)31-27(26(17-18-32)28(33)29-31)22(2)30(19-23-9-5-3-6-10-23)20-24-11-7-4-8-12-24/h3-16,22,26-27,32H,17-20H2,1-2H3,(H,29,33)/t22-,26-,27-/m0/s1. The van der Waals surface area contributed by atoms with Crippen LogP contribution in [0.15, 0.2) is 89.8 Å². The molecule has 8 heteroatoms. The molecule has 0 aromatic heterocycles. The average molecular weight is 508 g/mol. The van der Waals surface area contributed by atoms with Gasteiger partial charge in [0.2, 0.25) is 5.91 Å². The Balaban J connectivity index is 1.73. The van der Waals surface area contributed by atoms with Crippen molar-refractivity contribution in [3.63, 3.8) is 0 Å². The summed E-state index contributed by atoms with van der Waals surface area (Å²) in [4.78, 5) is 15.3. The van der Waals surface area contributed by atoms with Gasteiger partial charge in [-0.25, -0.2) is 8.42 Å². The summed E-state index contributed by atoms with van der Waals surface area (Å²) in [5.41, 5.74) is 5.74. The maximum atomic E-state index is 13.7. The fraction of sp³-hybridized carbons (Fsp3) is 0.321. The number of nitrogens with zero attached hydrogens (tertiary/aromatic N) is 2. The predicted octanol–water partition coefficient (Wildman–Crippen LogP) is 3.49. The molecule has 4 rings (SSSR count). The molecule has 1 amide bonds. The van der Waals surface area contributed by atoms with Gasteiger partial charge >= 0.3 is 0 Å². The lowest BCUT2D eigenvalue weighted by Crippen LogP contribution is -2.53. The van der Waals surface area contributed by atoms with Crippen molar-refractivity contribution < 1.29 is 18.3 Å². The number of hydrogen-bond acceptors (Lipinski definition) is 5. The second kappa shape index (κ2) is 11.3. The minimum Gasteiger partial charge on any atom is -0.396 e. The number of aliphatic hydroxyl groups excluding tert-OH is 1. The molecule has 36 heavy (non-hydrogen) atoms. The Morgan fingerprint density at radius 2 is 1.44 bits per heavy atom. The van der Waals surface area contributed by atoms with Crippen LogP contribution in [0.3, 0.4) is 0 Å². The number of hydrazine groups is 1. The summed E-state index contributed by atoms with van der Waals surface area (Å²) in [7, 11) is -4.02. The van der Waals surface area contributed by atoms with E-state index in [1.807, 2.05) is 74.5 Å². The Hall–Kier alpha value is -3.04. The first-order valence-electron chi connectivity index (χ1n) is 12.2. The van der Waals surface area contributed by atoms with Gasteiger partial charge in [-0.15, -0.1) is 4.41 Å². The van der Waals surface area contributed by atoms with Crippen LogP contribution in [0.1, 0.15) is 30.0 Å². The lowest BCUT2D eigenvalue weighted by atomic mass is 9.91. The largest absolute Gasteiger partial charge is 0.396 e. The minimum absolute atomic E-state index is 0.118. The molecule has 0 unspecified atom stereocenters. The van der Waals surface area contributed by atoms with Gasteiger partial charge in [0.05, 0.1) is 16.9 Å². The molecule has 2 N–H and O–H groups in total. The molecule has 0 spiro atoms. The van der Waals surface area contributed by atoms with E-state index < -0.39 is 27.9 Å². The topological polar surface area (TPSA) is 90.0 Å². The smallest absolute Gasteiger partial charge is 0.260 e. The summed E-state index contributed by atoms with van der Waals surface area (Å²) in [6, 6.07) is 25.5. The monoisotopic (exact) mass is 507 g/mol. The fourth-order valence-electron chi connectivity index (χ4n) is 4.80. The highest BCUT2D eigenvalue weighted by atomic mass is 32.2. The number of hydrogen-bond donors (Lipinski definition) is 2. The molecule has 1 heterocycles.